The van der Waals surface area contributed by atoms with Crippen LogP contribution >= 0.6 is 0 Å². The summed E-state index contributed by atoms with van der Waals surface area (Å²) in [5.74, 6) is 1.75. The topological polar surface area (TPSA) is 85.0 Å². The minimum absolute atomic E-state index is 0.124. The van der Waals surface area contributed by atoms with Gasteiger partial charge in [-0.2, -0.15) is 0 Å². The lowest BCUT2D eigenvalue weighted by atomic mass is 10.1. The molecule has 0 radical (unpaired) electrons. The summed E-state index contributed by atoms with van der Waals surface area (Å²) in [7, 11) is 3.21. The Labute approximate surface area is 187 Å². The fraction of sp³-hybridized carbons (Fsp3) is 0.333. The first-order valence-corrected chi connectivity index (χ1v) is 10.6. The number of fused-ring (bicyclic) bond motifs is 1. The number of benzene rings is 2. The maximum Gasteiger partial charge on any atom is 0.252 e. The number of carbonyl (C=O) groups is 1. The van der Waals surface area contributed by atoms with Crippen LogP contribution in [-0.4, -0.2) is 69.4 Å². The molecule has 3 aromatic rings. The van der Waals surface area contributed by atoms with E-state index < -0.39 is 0 Å². The molecule has 168 valence electrons. The van der Waals surface area contributed by atoms with Crippen LogP contribution in [0.4, 0.5) is 11.5 Å². The smallest absolute Gasteiger partial charge is 0.252 e. The predicted octanol–water partition coefficient (Wildman–Crippen LogP) is 3.06. The van der Waals surface area contributed by atoms with E-state index in [-0.39, 0.29) is 5.91 Å². The van der Waals surface area contributed by atoms with E-state index in [1.54, 1.807) is 26.4 Å². The third kappa shape index (κ3) is 5.09. The Balaban J connectivity index is 1.55. The lowest BCUT2D eigenvalue weighted by molar-refractivity contribution is 0.0383. The van der Waals surface area contributed by atoms with E-state index in [0.29, 0.717) is 29.4 Å². The largest absolute Gasteiger partial charge is 0.497 e. The zero-order valence-corrected chi connectivity index (χ0v) is 18.4. The average molecular weight is 437 g/mol. The first-order valence-electron chi connectivity index (χ1n) is 10.6. The van der Waals surface area contributed by atoms with E-state index in [9.17, 15) is 4.79 Å². The molecule has 8 heteroatoms. The number of hydrogen-bond acceptors (Lipinski definition) is 7. The minimum atomic E-state index is -0.124. The normalized spacial score (nSPS) is 14.2. The number of morpholine rings is 1. The molecule has 0 aliphatic carbocycles. The van der Waals surface area contributed by atoms with Crippen molar-refractivity contribution in [2.75, 3.05) is 58.9 Å². The number of ether oxygens (including phenoxy) is 3. The molecule has 1 aliphatic heterocycles. The third-order valence-electron chi connectivity index (χ3n) is 5.45. The van der Waals surface area contributed by atoms with Crippen molar-refractivity contribution in [2.24, 2.45) is 0 Å². The molecular weight excluding hydrogens is 408 g/mol. The Morgan fingerprint density at radius 1 is 1.09 bits per heavy atom. The summed E-state index contributed by atoms with van der Waals surface area (Å²) < 4.78 is 16.1. The SMILES string of the molecule is COc1ccc(Nc2cc(C(=O)NCCN3CCOCC3)c3ccccc3n2)c(OC)c1. The number of rotatable bonds is 8. The zero-order chi connectivity index (χ0) is 22.3. The number of nitrogens with one attached hydrogen (secondary N) is 2. The van der Waals surface area contributed by atoms with E-state index in [2.05, 4.69) is 20.5 Å². The number of carbonyl (C=O) groups excluding carboxylic acids is 1. The van der Waals surface area contributed by atoms with Crippen LogP contribution in [-0.2, 0) is 4.74 Å². The molecule has 1 saturated heterocycles. The van der Waals surface area contributed by atoms with Crippen LogP contribution in [0, 0.1) is 0 Å². The van der Waals surface area contributed by atoms with Crippen LogP contribution in [0.5, 0.6) is 11.5 Å². The standard InChI is InChI=1S/C24H28N4O4/c1-30-17-7-8-21(22(15-17)31-2)27-23-16-19(18-5-3-4-6-20(18)26-23)24(29)25-9-10-28-11-13-32-14-12-28/h3-8,15-16H,9-14H2,1-2H3,(H,25,29)(H,26,27). The number of pyridine rings is 1. The van der Waals surface area contributed by atoms with Crippen molar-refractivity contribution in [2.45, 2.75) is 0 Å². The summed E-state index contributed by atoms with van der Waals surface area (Å²) >= 11 is 0. The maximum atomic E-state index is 13.1. The maximum absolute atomic E-state index is 13.1. The second-order valence-electron chi connectivity index (χ2n) is 7.47. The highest BCUT2D eigenvalue weighted by Crippen LogP contribution is 2.32. The van der Waals surface area contributed by atoms with Gasteiger partial charge in [0.15, 0.2) is 0 Å². The number of anilines is 2. The van der Waals surface area contributed by atoms with Gasteiger partial charge in [-0.25, -0.2) is 4.98 Å². The van der Waals surface area contributed by atoms with Crippen LogP contribution in [0.3, 0.4) is 0 Å². The van der Waals surface area contributed by atoms with Gasteiger partial charge in [0.1, 0.15) is 17.3 Å². The van der Waals surface area contributed by atoms with Gasteiger partial charge in [0.05, 0.1) is 44.2 Å². The van der Waals surface area contributed by atoms with E-state index in [4.69, 9.17) is 14.2 Å². The monoisotopic (exact) mass is 436 g/mol. The van der Waals surface area contributed by atoms with Crippen molar-refractivity contribution in [3.63, 3.8) is 0 Å². The molecule has 0 spiro atoms. The van der Waals surface area contributed by atoms with Gasteiger partial charge in [-0.1, -0.05) is 18.2 Å². The molecule has 32 heavy (non-hydrogen) atoms. The van der Waals surface area contributed by atoms with Crippen LogP contribution in [0.1, 0.15) is 10.4 Å². The van der Waals surface area contributed by atoms with Gasteiger partial charge in [-0.3, -0.25) is 9.69 Å². The summed E-state index contributed by atoms with van der Waals surface area (Å²) in [6.07, 6.45) is 0. The lowest BCUT2D eigenvalue weighted by Gasteiger charge is -2.26. The molecule has 0 bridgehead atoms. The predicted molar refractivity (Wildman–Crippen MR) is 124 cm³/mol. The quantitative estimate of drug-likeness (QED) is 0.561. The Bertz CT molecular complexity index is 1080. The summed E-state index contributed by atoms with van der Waals surface area (Å²) in [6, 6.07) is 14.9. The van der Waals surface area contributed by atoms with Crippen LogP contribution < -0.4 is 20.1 Å². The molecule has 1 aliphatic rings. The Kier molecular flexibility index (Phi) is 7.03. The van der Waals surface area contributed by atoms with Gasteiger partial charge in [-0.15, -0.1) is 0 Å². The molecule has 4 rings (SSSR count). The van der Waals surface area contributed by atoms with Crippen LogP contribution in [0.2, 0.25) is 0 Å². The van der Waals surface area contributed by atoms with E-state index in [1.165, 1.54) is 0 Å². The van der Waals surface area contributed by atoms with Gasteiger partial charge in [0.25, 0.3) is 5.91 Å². The third-order valence-corrected chi connectivity index (χ3v) is 5.45. The summed E-state index contributed by atoms with van der Waals surface area (Å²) in [5.41, 5.74) is 2.05. The first-order chi connectivity index (χ1) is 15.7. The summed E-state index contributed by atoms with van der Waals surface area (Å²) in [5, 5.41) is 7.13. The number of amides is 1. The molecule has 1 aromatic heterocycles. The minimum Gasteiger partial charge on any atom is -0.497 e. The van der Waals surface area contributed by atoms with E-state index in [0.717, 1.165) is 49.4 Å². The van der Waals surface area contributed by atoms with Crippen LogP contribution in [0.15, 0.2) is 48.5 Å². The highest BCUT2D eigenvalue weighted by atomic mass is 16.5. The summed E-state index contributed by atoms with van der Waals surface area (Å²) in [6.45, 7) is 4.65. The van der Waals surface area contributed by atoms with Crippen molar-refractivity contribution in [1.29, 1.82) is 0 Å². The zero-order valence-electron chi connectivity index (χ0n) is 18.4. The Morgan fingerprint density at radius 3 is 2.69 bits per heavy atom. The fourth-order valence-corrected chi connectivity index (χ4v) is 3.71. The number of aromatic nitrogens is 1. The number of nitrogens with zero attached hydrogens (tertiary/aromatic N) is 2. The van der Waals surface area contributed by atoms with Gasteiger partial charge in [0.2, 0.25) is 0 Å². The van der Waals surface area contributed by atoms with Gasteiger partial charge < -0.3 is 24.8 Å². The number of para-hydroxylation sites is 1. The number of methoxy groups -OCH3 is 2. The molecule has 1 amide bonds. The molecule has 0 saturated carbocycles. The molecule has 8 nitrogen and oxygen atoms in total. The molecule has 2 aromatic carbocycles. The van der Waals surface area contributed by atoms with Crippen molar-refractivity contribution in [1.82, 2.24) is 15.2 Å². The van der Waals surface area contributed by atoms with E-state index >= 15 is 0 Å². The Hall–Kier alpha value is -3.36. The molecule has 2 heterocycles. The van der Waals surface area contributed by atoms with Gasteiger partial charge in [0, 0.05) is 37.6 Å². The van der Waals surface area contributed by atoms with Gasteiger partial charge in [-0.05, 0) is 24.3 Å². The van der Waals surface area contributed by atoms with Crippen molar-refractivity contribution in [3.05, 3.63) is 54.1 Å². The highest BCUT2D eigenvalue weighted by molar-refractivity contribution is 6.07. The second kappa shape index (κ2) is 10.3. The average Bonchev–Trinajstić information content (AvgIpc) is 2.84. The molecule has 0 atom stereocenters. The summed E-state index contributed by atoms with van der Waals surface area (Å²) in [4.78, 5) is 20.0. The van der Waals surface area contributed by atoms with E-state index in [1.807, 2.05) is 36.4 Å². The lowest BCUT2D eigenvalue weighted by Crippen LogP contribution is -2.41. The van der Waals surface area contributed by atoms with Gasteiger partial charge >= 0.3 is 0 Å². The highest BCUT2D eigenvalue weighted by Gasteiger charge is 2.15. The Morgan fingerprint density at radius 2 is 1.91 bits per heavy atom. The van der Waals surface area contributed by atoms with Crippen LogP contribution in [0.25, 0.3) is 10.9 Å². The first kappa shape index (κ1) is 21.9. The molecule has 0 unspecified atom stereocenters. The van der Waals surface area contributed by atoms with Crippen molar-refractivity contribution < 1.29 is 19.0 Å². The fourth-order valence-electron chi connectivity index (χ4n) is 3.71. The molecule has 1 fully saturated rings. The van der Waals surface area contributed by atoms with Crippen molar-refractivity contribution in [3.8, 4) is 11.5 Å². The second-order valence-corrected chi connectivity index (χ2v) is 7.47. The number of hydrogen-bond donors (Lipinski definition) is 2. The van der Waals surface area contributed by atoms with Crippen molar-refractivity contribution >= 4 is 28.3 Å². The molecular formula is C24H28N4O4. The molecule has 2 N–H and O–H groups in total.